The molecule has 3 N–H and O–H groups in total. The number of benzene rings is 2. The predicted octanol–water partition coefficient (Wildman–Crippen LogP) is 2.36. The Morgan fingerprint density at radius 2 is 1.95 bits per heavy atom. The van der Waals surface area contributed by atoms with E-state index < -0.39 is 0 Å². The second-order valence-corrected chi connectivity index (χ2v) is 4.88. The van der Waals surface area contributed by atoms with E-state index in [9.17, 15) is 4.79 Å². The Labute approximate surface area is 129 Å². The van der Waals surface area contributed by atoms with Crippen LogP contribution < -0.4 is 15.9 Å². The SMILES string of the molecule is COc1ccc(CC(=O)NN=C(C)c2cccc(N)c2)cc1. The van der Waals surface area contributed by atoms with Crippen molar-refractivity contribution in [2.75, 3.05) is 12.8 Å². The van der Waals surface area contributed by atoms with Crippen LogP contribution >= 0.6 is 0 Å². The van der Waals surface area contributed by atoms with Crippen LogP contribution in [-0.2, 0) is 11.2 Å². The van der Waals surface area contributed by atoms with Crippen molar-refractivity contribution in [3.05, 3.63) is 59.7 Å². The molecule has 0 bridgehead atoms. The average molecular weight is 297 g/mol. The normalized spacial score (nSPS) is 11.1. The van der Waals surface area contributed by atoms with E-state index in [1.54, 1.807) is 13.2 Å². The number of hydrazone groups is 1. The highest BCUT2D eigenvalue weighted by Gasteiger charge is 2.04. The number of nitrogen functional groups attached to an aromatic ring is 1. The van der Waals surface area contributed by atoms with Gasteiger partial charge < -0.3 is 10.5 Å². The molecule has 0 fully saturated rings. The largest absolute Gasteiger partial charge is 0.497 e. The number of methoxy groups -OCH3 is 1. The third-order valence-electron chi connectivity index (χ3n) is 3.18. The van der Waals surface area contributed by atoms with E-state index in [4.69, 9.17) is 10.5 Å². The van der Waals surface area contributed by atoms with E-state index in [-0.39, 0.29) is 12.3 Å². The van der Waals surface area contributed by atoms with Crippen LogP contribution in [-0.4, -0.2) is 18.7 Å². The fourth-order valence-corrected chi connectivity index (χ4v) is 1.94. The minimum Gasteiger partial charge on any atom is -0.497 e. The predicted molar refractivity (Wildman–Crippen MR) is 87.9 cm³/mol. The van der Waals surface area contributed by atoms with Gasteiger partial charge in [0.1, 0.15) is 5.75 Å². The van der Waals surface area contributed by atoms with Crippen LogP contribution in [0.25, 0.3) is 0 Å². The Hall–Kier alpha value is -2.82. The van der Waals surface area contributed by atoms with Gasteiger partial charge in [-0.15, -0.1) is 0 Å². The van der Waals surface area contributed by atoms with Crippen molar-refractivity contribution in [1.29, 1.82) is 0 Å². The summed E-state index contributed by atoms with van der Waals surface area (Å²) in [5.74, 6) is 0.591. The maximum atomic E-state index is 11.9. The summed E-state index contributed by atoms with van der Waals surface area (Å²) in [6.45, 7) is 1.82. The van der Waals surface area contributed by atoms with Gasteiger partial charge in [-0.05, 0) is 42.3 Å². The standard InChI is InChI=1S/C17H19N3O2/c1-12(14-4-3-5-15(18)11-14)19-20-17(21)10-13-6-8-16(22-2)9-7-13/h3-9,11H,10,18H2,1-2H3,(H,20,21). The molecule has 0 saturated carbocycles. The molecule has 0 atom stereocenters. The fraction of sp³-hybridized carbons (Fsp3) is 0.176. The first kappa shape index (κ1) is 15.6. The molecular formula is C17H19N3O2. The molecule has 0 saturated heterocycles. The van der Waals surface area contributed by atoms with Crippen molar-refractivity contribution >= 4 is 17.3 Å². The van der Waals surface area contributed by atoms with E-state index >= 15 is 0 Å². The average Bonchev–Trinajstić information content (AvgIpc) is 2.53. The molecule has 1 amide bonds. The molecule has 0 spiro atoms. The minimum atomic E-state index is -0.173. The van der Waals surface area contributed by atoms with Gasteiger partial charge in [-0.25, -0.2) is 5.43 Å². The molecule has 5 nitrogen and oxygen atoms in total. The Balaban J connectivity index is 1.95. The summed E-state index contributed by atoms with van der Waals surface area (Å²) in [6, 6.07) is 14.7. The zero-order valence-corrected chi connectivity index (χ0v) is 12.7. The van der Waals surface area contributed by atoms with Crippen LogP contribution in [0, 0.1) is 0 Å². The Morgan fingerprint density at radius 3 is 2.59 bits per heavy atom. The Morgan fingerprint density at radius 1 is 1.23 bits per heavy atom. The molecule has 2 rings (SSSR count). The lowest BCUT2D eigenvalue weighted by atomic mass is 10.1. The number of nitrogens with one attached hydrogen (secondary N) is 1. The Kier molecular flexibility index (Phi) is 5.14. The second kappa shape index (κ2) is 7.26. The molecule has 0 aliphatic carbocycles. The summed E-state index contributed by atoms with van der Waals surface area (Å²) in [5.41, 5.74) is 11.4. The highest BCUT2D eigenvalue weighted by atomic mass is 16.5. The smallest absolute Gasteiger partial charge is 0.244 e. The molecule has 2 aromatic carbocycles. The molecule has 2 aromatic rings. The molecule has 0 unspecified atom stereocenters. The van der Waals surface area contributed by atoms with Crippen LogP contribution in [0.1, 0.15) is 18.1 Å². The van der Waals surface area contributed by atoms with Gasteiger partial charge in [0.2, 0.25) is 5.91 Å². The molecule has 0 heterocycles. The quantitative estimate of drug-likeness (QED) is 0.505. The van der Waals surface area contributed by atoms with E-state index in [1.165, 1.54) is 0 Å². The van der Waals surface area contributed by atoms with Crippen molar-refractivity contribution in [1.82, 2.24) is 5.43 Å². The molecular weight excluding hydrogens is 278 g/mol. The van der Waals surface area contributed by atoms with Crippen LogP contribution in [0.5, 0.6) is 5.75 Å². The summed E-state index contributed by atoms with van der Waals surface area (Å²) in [6.07, 6.45) is 0.262. The van der Waals surface area contributed by atoms with Gasteiger partial charge in [-0.3, -0.25) is 4.79 Å². The number of nitrogens with zero attached hydrogens (tertiary/aromatic N) is 1. The molecule has 5 heteroatoms. The van der Waals surface area contributed by atoms with Crippen molar-refractivity contribution in [3.8, 4) is 5.75 Å². The van der Waals surface area contributed by atoms with Crippen LogP contribution in [0.15, 0.2) is 53.6 Å². The number of nitrogens with two attached hydrogens (primary N) is 1. The van der Waals surface area contributed by atoms with Crippen LogP contribution in [0.3, 0.4) is 0 Å². The van der Waals surface area contributed by atoms with Crippen molar-refractivity contribution in [2.45, 2.75) is 13.3 Å². The number of amides is 1. The molecule has 22 heavy (non-hydrogen) atoms. The first-order valence-corrected chi connectivity index (χ1v) is 6.90. The molecule has 0 aromatic heterocycles. The van der Waals surface area contributed by atoms with Gasteiger partial charge in [0.25, 0.3) is 0 Å². The maximum Gasteiger partial charge on any atom is 0.244 e. The third kappa shape index (κ3) is 4.34. The van der Waals surface area contributed by atoms with Crippen molar-refractivity contribution in [3.63, 3.8) is 0 Å². The topological polar surface area (TPSA) is 76.7 Å². The van der Waals surface area contributed by atoms with Gasteiger partial charge in [0.15, 0.2) is 0 Å². The number of hydrogen-bond donors (Lipinski definition) is 2. The zero-order valence-electron chi connectivity index (χ0n) is 12.7. The van der Waals surface area contributed by atoms with Gasteiger partial charge in [-0.1, -0.05) is 24.3 Å². The summed E-state index contributed by atoms with van der Waals surface area (Å²) in [7, 11) is 1.61. The summed E-state index contributed by atoms with van der Waals surface area (Å²) < 4.78 is 5.08. The lowest BCUT2D eigenvalue weighted by Crippen LogP contribution is -2.21. The van der Waals surface area contributed by atoms with Crippen LogP contribution in [0.4, 0.5) is 5.69 Å². The van der Waals surface area contributed by atoms with E-state index in [1.807, 2.05) is 49.4 Å². The number of carbonyl (C=O) groups excluding carboxylic acids is 1. The third-order valence-corrected chi connectivity index (χ3v) is 3.18. The van der Waals surface area contributed by atoms with Gasteiger partial charge in [0, 0.05) is 5.69 Å². The van der Waals surface area contributed by atoms with Gasteiger partial charge in [-0.2, -0.15) is 5.10 Å². The minimum absolute atomic E-state index is 0.173. The van der Waals surface area contributed by atoms with E-state index in [0.717, 1.165) is 16.9 Å². The van der Waals surface area contributed by atoms with E-state index in [0.29, 0.717) is 11.4 Å². The number of carbonyl (C=O) groups is 1. The highest BCUT2D eigenvalue weighted by Crippen LogP contribution is 2.11. The summed E-state index contributed by atoms with van der Waals surface area (Å²) in [4.78, 5) is 11.9. The van der Waals surface area contributed by atoms with Gasteiger partial charge >= 0.3 is 0 Å². The van der Waals surface area contributed by atoms with Crippen LogP contribution in [0.2, 0.25) is 0 Å². The first-order valence-electron chi connectivity index (χ1n) is 6.90. The van der Waals surface area contributed by atoms with Crippen molar-refractivity contribution in [2.24, 2.45) is 5.10 Å². The Bertz CT molecular complexity index is 679. The number of rotatable bonds is 5. The second-order valence-electron chi connectivity index (χ2n) is 4.88. The maximum absolute atomic E-state index is 11.9. The zero-order chi connectivity index (χ0) is 15.9. The number of anilines is 1. The monoisotopic (exact) mass is 297 g/mol. The number of hydrogen-bond acceptors (Lipinski definition) is 4. The van der Waals surface area contributed by atoms with Gasteiger partial charge in [0.05, 0.1) is 19.2 Å². The van der Waals surface area contributed by atoms with Crippen molar-refractivity contribution < 1.29 is 9.53 Å². The summed E-state index contributed by atoms with van der Waals surface area (Å²) in [5, 5.41) is 4.10. The molecule has 0 radical (unpaired) electrons. The lowest BCUT2D eigenvalue weighted by Gasteiger charge is -2.05. The highest BCUT2D eigenvalue weighted by molar-refractivity contribution is 5.99. The molecule has 114 valence electrons. The fourth-order valence-electron chi connectivity index (χ4n) is 1.94. The lowest BCUT2D eigenvalue weighted by molar-refractivity contribution is -0.120. The molecule has 0 aliphatic heterocycles. The first-order chi connectivity index (χ1) is 10.6. The number of ether oxygens (including phenoxy) is 1. The molecule has 0 aliphatic rings. The van der Waals surface area contributed by atoms with E-state index in [2.05, 4.69) is 10.5 Å². The summed E-state index contributed by atoms with van der Waals surface area (Å²) >= 11 is 0.